The molecule has 3 heterocycles. The first kappa shape index (κ1) is 10.7. The lowest BCUT2D eigenvalue weighted by Gasteiger charge is -2.37. The van der Waals surface area contributed by atoms with Crippen molar-refractivity contribution in [1.29, 1.82) is 0 Å². The highest BCUT2D eigenvalue weighted by Gasteiger charge is 2.34. The third kappa shape index (κ3) is 1.62. The van der Waals surface area contributed by atoms with Crippen LogP contribution in [-0.4, -0.2) is 6.54 Å². The van der Waals surface area contributed by atoms with Crippen molar-refractivity contribution in [2.45, 2.75) is 12.0 Å². The molecule has 0 spiro atoms. The van der Waals surface area contributed by atoms with Gasteiger partial charge in [0.1, 0.15) is 0 Å². The topological polar surface area (TPSA) is 12.0 Å². The standard InChI is InChI=1S/C15H13NS2/c1-2-4-13-10(3-1)7-14(18-13)15-12(8-16-15)11-5-6-17-9-11/h1-7,9,12,15-16H,8H2. The summed E-state index contributed by atoms with van der Waals surface area (Å²) >= 11 is 3.72. The molecule has 0 bridgehead atoms. The fraction of sp³-hybridized carbons (Fsp3) is 0.200. The van der Waals surface area contributed by atoms with Crippen LogP contribution in [0.25, 0.3) is 10.1 Å². The minimum Gasteiger partial charge on any atom is -0.308 e. The molecule has 1 nitrogen and oxygen atoms in total. The van der Waals surface area contributed by atoms with Crippen LogP contribution in [0.1, 0.15) is 22.4 Å². The van der Waals surface area contributed by atoms with Crippen molar-refractivity contribution in [3.63, 3.8) is 0 Å². The Labute approximate surface area is 114 Å². The Balaban J connectivity index is 1.71. The first-order valence-corrected chi connectivity index (χ1v) is 7.92. The van der Waals surface area contributed by atoms with Gasteiger partial charge in [0.05, 0.1) is 0 Å². The lowest BCUT2D eigenvalue weighted by atomic mass is 9.85. The molecule has 0 aliphatic carbocycles. The number of hydrogen-bond acceptors (Lipinski definition) is 3. The van der Waals surface area contributed by atoms with Crippen LogP contribution in [0.2, 0.25) is 0 Å². The molecule has 0 amide bonds. The van der Waals surface area contributed by atoms with Gasteiger partial charge < -0.3 is 5.32 Å². The predicted octanol–water partition coefficient (Wildman–Crippen LogP) is 4.39. The smallest absolute Gasteiger partial charge is 0.0497 e. The van der Waals surface area contributed by atoms with E-state index in [-0.39, 0.29) is 0 Å². The number of nitrogens with one attached hydrogen (secondary N) is 1. The summed E-state index contributed by atoms with van der Waals surface area (Å²) in [5.74, 6) is 0.657. The van der Waals surface area contributed by atoms with Crippen LogP contribution < -0.4 is 5.32 Å². The van der Waals surface area contributed by atoms with Gasteiger partial charge in [-0.1, -0.05) is 18.2 Å². The Kier molecular flexibility index (Phi) is 2.50. The molecule has 1 saturated heterocycles. The summed E-state index contributed by atoms with van der Waals surface area (Å²) in [6.07, 6.45) is 0. The molecule has 3 heteroatoms. The quantitative estimate of drug-likeness (QED) is 0.729. The third-order valence-electron chi connectivity index (χ3n) is 3.68. The number of rotatable bonds is 2. The van der Waals surface area contributed by atoms with Crippen molar-refractivity contribution in [3.05, 3.63) is 57.6 Å². The van der Waals surface area contributed by atoms with Crippen molar-refractivity contribution >= 4 is 32.8 Å². The zero-order valence-electron chi connectivity index (χ0n) is 9.80. The fourth-order valence-corrected chi connectivity index (χ4v) is 4.53. The van der Waals surface area contributed by atoms with E-state index in [0.29, 0.717) is 12.0 Å². The van der Waals surface area contributed by atoms with E-state index in [1.807, 2.05) is 11.3 Å². The lowest BCUT2D eigenvalue weighted by molar-refractivity contribution is 0.324. The maximum Gasteiger partial charge on any atom is 0.0497 e. The molecular weight excluding hydrogens is 258 g/mol. The van der Waals surface area contributed by atoms with Crippen LogP contribution in [-0.2, 0) is 0 Å². The average molecular weight is 271 g/mol. The number of hydrogen-bond donors (Lipinski definition) is 1. The summed E-state index contributed by atoms with van der Waals surface area (Å²) in [7, 11) is 0. The van der Waals surface area contributed by atoms with Crippen LogP contribution in [0.15, 0.2) is 47.2 Å². The Morgan fingerprint density at radius 2 is 2.11 bits per heavy atom. The van der Waals surface area contributed by atoms with Crippen LogP contribution in [0.4, 0.5) is 0 Å². The lowest BCUT2D eigenvalue weighted by Crippen LogP contribution is -2.43. The Hall–Kier alpha value is -1.16. The number of benzene rings is 1. The molecule has 90 valence electrons. The van der Waals surface area contributed by atoms with Gasteiger partial charge in [-0.3, -0.25) is 0 Å². The molecule has 1 aromatic carbocycles. The molecule has 1 aliphatic rings. The molecule has 0 radical (unpaired) electrons. The highest BCUT2D eigenvalue weighted by Crippen LogP contribution is 2.42. The molecule has 1 fully saturated rings. The van der Waals surface area contributed by atoms with Crippen LogP contribution in [0.3, 0.4) is 0 Å². The van der Waals surface area contributed by atoms with Crippen molar-refractivity contribution in [2.75, 3.05) is 6.54 Å². The highest BCUT2D eigenvalue weighted by molar-refractivity contribution is 7.19. The summed E-state index contributed by atoms with van der Waals surface area (Å²) < 4.78 is 1.39. The number of fused-ring (bicyclic) bond motifs is 1. The van der Waals surface area contributed by atoms with E-state index < -0.39 is 0 Å². The zero-order chi connectivity index (χ0) is 11.9. The Morgan fingerprint density at radius 1 is 1.17 bits per heavy atom. The maximum absolute atomic E-state index is 3.58. The van der Waals surface area contributed by atoms with E-state index in [1.165, 1.54) is 20.5 Å². The Morgan fingerprint density at radius 3 is 2.83 bits per heavy atom. The Bertz CT molecular complexity index is 636. The number of thiophene rings is 2. The van der Waals surface area contributed by atoms with Gasteiger partial charge in [0.25, 0.3) is 0 Å². The van der Waals surface area contributed by atoms with E-state index in [1.54, 1.807) is 11.3 Å². The summed E-state index contributed by atoms with van der Waals surface area (Å²) in [6, 6.07) is 13.8. The second-order valence-corrected chi connectivity index (χ2v) is 6.63. The molecule has 1 N–H and O–H groups in total. The van der Waals surface area contributed by atoms with E-state index in [2.05, 4.69) is 52.5 Å². The van der Waals surface area contributed by atoms with Crippen molar-refractivity contribution in [3.8, 4) is 0 Å². The summed E-state index contributed by atoms with van der Waals surface area (Å²) in [4.78, 5) is 1.47. The van der Waals surface area contributed by atoms with Gasteiger partial charge in [0, 0.05) is 28.1 Å². The molecule has 3 aromatic rings. The summed E-state index contributed by atoms with van der Waals surface area (Å²) in [6.45, 7) is 1.11. The van der Waals surface area contributed by atoms with E-state index in [0.717, 1.165) is 6.54 Å². The van der Waals surface area contributed by atoms with Gasteiger partial charge in [-0.15, -0.1) is 11.3 Å². The molecule has 0 saturated carbocycles. The summed E-state index contributed by atoms with van der Waals surface area (Å²) in [5.41, 5.74) is 1.49. The maximum atomic E-state index is 3.58. The average Bonchev–Trinajstić information content (AvgIpc) is 2.95. The molecule has 2 aromatic heterocycles. The van der Waals surface area contributed by atoms with Gasteiger partial charge in [-0.2, -0.15) is 11.3 Å². The zero-order valence-corrected chi connectivity index (χ0v) is 11.4. The molecule has 2 atom stereocenters. The largest absolute Gasteiger partial charge is 0.308 e. The third-order valence-corrected chi connectivity index (χ3v) is 5.58. The van der Waals surface area contributed by atoms with Crippen molar-refractivity contribution < 1.29 is 0 Å². The molecular formula is C15H13NS2. The van der Waals surface area contributed by atoms with Gasteiger partial charge >= 0.3 is 0 Å². The van der Waals surface area contributed by atoms with E-state index in [4.69, 9.17) is 0 Å². The normalized spacial score (nSPS) is 23.1. The first-order chi connectivity index (χ1) is 8.92. The molecule has 18 heavy (non-hydrogen) atoms. The predicted molar refractivity (Wildman–Crippen MR) is 79.6 cm³/mol. The van der Waals surface area contributed by atoms with Crippen LogP contribution >= 0.6 is 22.7 Å². The van der Waals surface area contributed by atoms with Crippen LogP contribution in [0.5, 0.6) is 0 Å². The van der Waals surface area contributed by atoms with Crippen molar-refractivity contribution in [2.24, 2.45) is 0 Å². The molecule has 1 aliphatic heterocycles. The SMILES string of the molecule is c1ccc2sc(C3NCC3c3ccsc3)cc2c1. The van der Waals surface area contributed by atoms with Gasteiger partial charge in [0.15, 0.2) is 0 Å². The fourth-order valence-electron chi connectivity index (χ4n) is 2.60. The summed E-state index contributed by atoms with van der Waals surface area (Å²) in [5, 5.41) is 9.41. The first-order valence-electron chi connectivity index (χ1n) is 6.16. The second kappa shape index (κ2) is 4.19. The monoisotopic (exact) mass is 271 g/mol. The second-order valence-electron chi connectivity index (χ2n) is 4.74. The van der Waals surface area contributed by atoms with Gasteiger partial charge in [-0.05, 0) is 39.9 Å². The highest BCUT2D eigenvalue weighted by atomic mass is 32.1. The van der Waals surface area contributed by atoms with E-state index >= 15 is 0 Å². The minimum absolute atomic E-state index is 0.511. The van der Waals surface area contributed by atoms with E-state index in [9.17, 15) is 0 Å². The molecule has 2 unspecified atom stereocenters. The van der Waals surface area contributed by atoms with Crippen LogP contribution in [0, 0.1) is 0 Å². The van der Waals surface area contributed by atoms with Gasteiger partial charge in [0.2, 0.25) is 0 Å². The van der Waals surface area contributed by atoms with Crippen molar-refractivity contribution in [1.82, 2.24) is 5.32 Å². The van der Waals surface area contributed by atoms with Gasteiger partial charge in [-0.25, -0.2) is 0 Å². The minimum atomic E-state index is 0.511. The molecule has 4 rings (SSSR count).